The first kappa shape index (κ1) is 19.8. The van der Waals surface area contributed by atoms with Crippen LogP contribution in [0.3, 0.4) is 0 Å². The number of nitriles is 1. The number of aromatic amines is 1. The summed E-state index contributed by atoms with van der Waals surface area (Å²) in [4.78, 5) is 7.52. The molecular formula is C21H20N6O2S. The minimum atomic E-state index is -0.430. The smallest absolute Gasteiger partial charge is 0.192 e. The average Bonchev–Trinajstić information content (AvgIpc) is 3.45. The van der Waals surface area contributed by atoms with Gasteiger partial charge in [0.1, 0.15) is 23.2 Å². The Kier molecular flexibility index (Phi) is 5.33. The summed E-state index contributed by atoms with van der Waals surface area (Å²) in [5.74, 6) is 1.75. The number of aliphatic hydroxyl groups excluding tert-OH is 1. The molecule has 0 amide bonds. The van der Waals surface area contributed by atoms with E-state index in [1.807, 2.05) is 55.7 Å². The first-order valence-electron chi connectivity index (χ1n) is 9.46. The maximum atomic E-state index is 10.8. The fraction of sp³-hybridized carbons (Fsp3) is 0.238. The number of hydrogen-bond donors (Lipinski definition) is 2. The van der Waals surface area contributed by atoms with Gasteiger partial charge in [0.25, 0.3) is 0 Å². The van der Waals surface area contributed by atoms with Crippen LogP contribution in [0.15, 0.2) is 51.9 Å². The highest BCUT2D eigenvalue weighted by atomic mass is 32.2. The highest BCUT2D eigenvalue weighted by Crippen LogP contribution is 2.32. The van der Waals surface area contributed by atoms with Gasteiger partial charge >= 0.3 is 0 Å². The lowest BCUT2D eigenvalue weighted by Gasteiger charge is -2.12. The molecule has 2 N–H and O–H groups in total. The molecule has 0 aliphatic rings. The molecule has 8 nitrogen and oxygen atoms in total. The van der Waals surface area contributed by atoms with Crippen LogP contribution in [0, 0.1) is 18.3 Å². The summed E-state index contributed by atoms with van der Waals surface area (Å²) in [6, 6.07) is 11.4. The van der Waals surface area contributed by atoms with Gasteiger partial charge in [-0.15, -0.1) is 10.2 Å². The number of fused-ring (bicyclic) bond motifs is 1. The van der Waals surface area contributed by atoms with Crippen molar-refractivity contribution < 1.29 is 9.52 Å². The highest BCUT2D eigenvalue weighted by Gasteiger charge is 2.23. The predicted molar refractivity (Wildman–Crippen MR) is 115 cm³/mol. The van der Waals surface area contributed by atoms with Crippen molar-refractivity contribution in [1.29, 1.82) is 5.26 Å². The first-order chi connectivity index (χ1) is 14.5. The summed E-state index contributed by atoms with van der Waals surface area (Å²) in [6.07, 6.45) is 1.62. The molecule has 4 rings (SSSR count). The Bertz CT molecular complexity index is 1240. The van der Waals surface area contributed by atoms with Crippen LogP contribution in [0.1, 0.15) is 25.4 Å². The number of H-pyrrole nitrogens is 1. The molecule has 0 spiro atoms. The third-order valence-corrected chi connectivity index (χ3v) is 5.88. The molecule has 9 heteroatoms. The van der Waals surface area contributed by atoms with Crippen LogP contribution < -0.4 is 0 Å². The zero-order valence-electron chi connectivity index (χ0n) is 16.7. The van der Waals surface area contributed by atoms with Crippen LogP contribution in [-0.2, 0) is 6.54 Å². The van der Waals surface area contributed by atoms with Crippen molar-refractivity contribution in [3.05, 3.63) is 53.9 Å². The molecule has 0 radical (unpaired) electrons. The Hall–Kier alpha value is -3.51. The third kappa shape index (κ3) is 3.46. The molecular weight excluding hydrogens is 400 g/mol. The zero-order chi connectivity index (χ0) is 21.3. The summed E-state index contributed by atoms with van der Waals surface area (Å²) in [6.45, 7) is 6.35. The second-order valence-electron chi connectivity index (χ2n) is 6.68. The van der Waals surface area contributed by atoms with E-state index in [0.29, 0.717) is 23.4 Å². The van der Waals surface area contributed by atoms with E-state index in [1.54, 1.807) is 6.26 Å². The lowest BCUT2D eigenvalue weighted by Crippen LogP contribution is -2.08. The molecule has 30 heavy (non-hydrogen) atoms. The van der Waals surface area contributed by atoms with Gasteiger partial charge in [-0.1, -0.05) is 23.9 Å². The van der Waals surface area contributed by atoms with E-state index in [0.717, 1.165) is 22.4 Å². The largest absolute Gasteiger partial charge is 0.510 e. The molecule has 1 aromatic carbocycles. The number of nitrogens with zero attached hydrogens (tertiary/aromatic N) is 5. The highest BCUT2D eigenvalue weighted by molar-refractivity contribution is 7.99. The molecule has 0 aliphatic heterocycles. The van der Waals surface area contributed by atoms with E-state index < -0.39 is 5.25 Å². The summed E-state index contributed by atoms with van der Waals surface area (Å²) in [7, 11) is 0. The number of benzene rings is 1. The summed E-state index contributed by atoms with van der Waals surface area (Å²) < 4.78 is 7.34. The number of allylic oxidation sites excluding steroid dienone is 1. The monoisotopic (exact) mass is 420 g/mol. The van der Waals surface area contributed by atoms with Crippen molar-refractivity contribution in [3.8, 4) is 17.5 Å². The van der Waals surface area contributed by atoms with Crippen molar-refractivity contribution in [2.24, 2.45) is 0 Å². The zero-order valence-corrected chi connectivity index (χ0v) is 17.6. The van der Waals surface area contributed by atoms with Crippen molar-refractivity contribution in [3.63, 3.8) is 0 Å². The maximum Gasteiger partial charge on any atom is 0.192 e. The van der Waals surface area contributed by atoms with Crippen LogP contribution in [0.2, 0.25) is 0 Å². The normalized spacial score (nSPS) is 13.3. The molecule has 1 unspecified atom stereocenters. The van der Waals surface area contributed by atoms with Gasteiger partial charge < -0.3 is 19.1 Å². The van der Waals surface area contributed by atoms with Crippen LogP contribution in [0.25, 0.3) is 28.0 Å². The number of thioether (sulfide) groups is 1. The molecule has 0 aliphatic carbocycles. The molecule has 152 valence electrons. The number of imidazole rings is 1. The molecule has 0 saturated heterocycles. The van der Waals surface area contributed by atoms with E-state index in [4.69, 9.17) is 4.42 Å². The number of furan rings is 1. The summed E-state index contributed by atoms with van der Waals surface area (Å²) in [5.41, 5.74) is 2.53. The van der Waals surface area contributed by atoms with Crippen molar-refractivity contribution in [1.82, 2.24) is 24.7 Å². The fourth-order valence-electron chi connectivity index (χ4n) is 3.20. The molecule has 3 heterocycles. The number of aliphatic hydroxyl groups is 1. The van der Waals surface area contributed by atoms with Gasteiger partial charge in [0, 0.05) is 6.54 Å². The Balaban J connectivity index is 1.66. The van der Waals surface area contributed by atoms with Gasteiger partial charge in [-0.25, -0.2) is 4.98 Å². The maximum absolute atomic E-state index is 10.8. The molecule has 0 saturated carbocycles. The predicted octanol–water partition coefficient (Wildman–Crippen LogP) is 4.72. The number of hydrogen-bond acceptors (Lipinski definition) is 7. The van der Waals surface area contributed by atoms with E-state index in [2.05, 4.69) is 26.2 Å². The van der Waals surface area contributed by atoms with Crippen molar-refractivity contribution >= 4 is 28.4 Å². The van der Waals surface area contributed by atoms with Crippen LogP contribution in [0.4, 0.5) is 0 Å². The fourth-order valence-corrected chi connectivity index (χ4v) is 4.17. The number of nitrogens with one attached hydrogen (secondary N) is 1. The number of para-hydroxylation sites is 2. The average molecular weight is 420 g/mol. The SMILES string of the molecule is CCn1c(SC(C)/C(O)=C(\C#N)c2nc3ccccc3[nH]2)nnc1-c1ccoc1C. The van der Waals surface area contributed by atoms with E-state index in [9.17, 15) is 10.4 Å². The number of aryl methyl sites for hydroxylation is 1. The molecule has 0 fully saturated rings. The van der Waals surface area contributed by atoms with E-state index >= 15 is 0 Å². The van der Waals surface area contributed by atoms with Crippen LogP contribution in [0.5, 0.6) is 0 Å². The Morgan fingerprint density at radius 3 is 2.80 bits per heavy atom. The van der Waals surface area contributed by atoms with Gasteiger partial charge in [-0.05, 0) is 39.0 Å². The minimum absolute atomic E-state index is 0.0618. The Morgan fingerprint density at radius 1 is 1.33 bits per heavy atom. The van der Waals surface area contributed by atoms with Gasteiger partial charge in [0.05, 0.1) is 28.1 Å². The van der Waals surface area contributed by atoms with Gasteiger partial charge in [0.15, 0.2) is 16.8 Å². The van der Waals surface area contributed by atoms with Crippen LogP contribution >= 0.6 is 11.8 Å². The standard InChI is InChI=1S/C21H20N6O2S/c1-4-27-20(14-9-10-29-12(14)2)25-26-21(27)30-13(3)18(28)15(11-22)19-23-16-7-5-6-8-17(16)24-19/h5-10,13,28H,4H2,1-3H3,(H,23,24)/b18-15-. The van der Waals surface area contributed by atoms with E-state index in [1.165, 1.54) is 11.8 Å². The molecule has 1 atom stereocenters. The van der Waals surface area contributed by atoms with Crippen molar-refractivity contribution in [2.75, 3.05) is 0 Å². The van der Waals surface area contributed by atoms with E-state index in [-0.39, 0.29) is 11.3 Å². The summed E-state index contributed by atoms with van der Waals surface area (Å²) in [5, 5.41) is 29.3. The second kappa shape index (κ2) is 8.08. The molecule has 0 bridgehead atoms. The second-order valence-corrected chi connectivity index (χ2v) is 7.98. The Labute approximate surface area is 177 Å². The van der Waals surface area contributed by atoms with Crippen molar-refractivity contribution in [2.45, 2.75) is 37.7 Å². The third-order valence-electron chi connectivity index (χ3n) is 4.79. The first-order valence-corrected chi connectivity index (χ1v) is 10.3. The summed E-state index contributed by atoms with van der Waals surface area (Å²) >= 11 is 1.33. The van der Waals surface area contributed by atoms with Crippen LogP contribution in [-0.4, -0.2) is 35.1 Å². The molecule has 3 aromatic heterocycles. The quantitative estimate of drug-likeness (QED) is 0.263. The lowest BCUT2D eigenvalue weighted by atomic mass is 10.2. The molecule has 4 aromatic rings. The van der Waals surface area contributed by atoms with Gasteiger partial charge in [-0.2, -0.15) is 5.26 Å². The topological polar surface area (TPSA) is 117 Å². The lowest BCUT2D eigenvalue weighted by molar-refractivity contribution is 0.401. The number of rotatable bonds is 6. The minimum Gasteiger partial charge on any atom is -0.510 e. The van der Waals surface area contributed by atoms with Gasteiger partial charge in [0.2, 0.25) is 0 Å². The van der Waals surface area contributed by atoms with Gasteiger partial charge in [-0.3, -0.25) is 0 Å². The number of aromatic nitrogens is 5. The Morgan fingerprint density at radius 2 is 2.13 bits per heavy atom.